The predicted octanol–water partition coefficient (Wildman–Crippen LogP) is 3.24. The van der Waals surface area contributed by atoms with Crippen molar-refractivity contribution in [2.75, 3.05) is 13.2 Å². The first-order chi connectivity index (χ1) is 10.6. The van der Waals surface area contributed by atoms with Crippen LogP contribution in [0.15, 0.2) is 24.3 Å². The van der Waals surface area contributed by atoms with Gasteiger partial charge in [-0.05, 0) is 18.6 Å². The number of benzene rings is 1. The Morgan fingerprint density at radius 1 is 1.09 bits per heavy atom. The number of carboxylic acids is 1. The normalized spacial score (nSPS) is 10.2. The standard InChI is InChI=1S/C17H25NO4/c1-2-3-4-5-6-9-12-22-15-11-8-7-10-14(15)17(21)18-13-16(19)20/h7-8,10-11H,2-6,9,12-13H2,1H3,(H,18,21)(H,19,20). The first-order valence-electron chi connectivity index (χ1n) is 7.87. The van der Waals surface area contributed by atoms with Crippen LogP contribution in [0.1, 0.15) is 55.8 Å². The van der Waals surface area contributed by atoms with E-state index in [1.807, 2.05) is 0 Å². The molecule has 0 aromatic heterocycles. The van der Waals surface area contributed by atoms with E-state index in [1.54, 1.807) is 24.3 Å². The number of nitrogens with one attached hydrogen (secondary N) is 1. The number of para-hydroxylation sites is 1. The summed E-state index contributed by atoms with van der Waals surface area (Å²) in [4.78, 5) is 22.4. The largest absolute Gasteiger partial charge is 0.493 e. The number of carboxylic acid groups (broad SMARTS) is 1. The van der Waals surface area contributed by atoms with Crippen LogP contribution in [0.5, 0.6) is 5.75 Å². The zero-order valence-corrected chi connectivity index (χ0v) is 13.1. The third kappa shape index (κ3) is 7.11. The molecule has 0 bridgehead atoms. The van der Waals surface area contributed by atoms with Gasteiger partial charge in [-0.15, -0.1) is 0 Å². The van der Waals surface area contributed by atoms with Gasteiger partial charge in [-0.1, -0.05) is 51.2 Å². The second-order valence-electron chi connectivity index (χ2n) is 5.19. The Labute approximate surface area is 131 Å². The average molecular weight is 307 g/mol. The molecule has 1 aromatic rings. The van der Waals surface area contributed by atoms with E-state index in [-0.39, 0.29) is 0 Å². The molecule has 0 saturated heterocycles. The van der Waals surface area contributed by atoms with Crippen molar-refractivity contribution >= 4 is 11.9 Å². The van der Waals surface area contributed by atoms with E-state index in [0.717, 1.165) is 12.8 Å². The first-order valence-corrected chi connectivity index (χ1v) is 7.87. The summed E-state index contributed by atoms with van der Waals surface area (Å²) in [6.45, 7) is 2.36. The highest BCUT2D eigenvalue weighted by atomic mass is 16.5. The number of rotatable bonds is 11. The topological polar surface area (TPSA) is 75.6 Å². The molecule has 1 rings (SSSR count). The van der Waals surface area contributed by atoms with Gasteiger partial charge in [-0.25, -0.2) is 0 Å². The molecule has 2 N–H and O–H groups in total. The van der Waals surface area contributed by atoms with Crippen LogP contribution in [0, 0.1) is 0 Å². The second kappa shape index (κ2) is 10.7. The van der Waals surface area contributed by atoms with Crippen molar-refractivity contribution in [2.24, 2.45) is 0 Å². The minimum Gasteiger partial charge on any atom is -0.493 e. The summed E-state index contributed by atoms with van der Waals surface area (Å²) in [5.74, 6) is -1.00. The number of carbonyl (C=O) groups excluding carboxylic acids is 1. The fraction of sp³-hybridized carbons (Fsp3) is 0.529. The Morgan fingerprint density at radius 3 is 2.50 bits per heavy atom. The molecule has 5 nitrogen and oxygen atoms in total. The van der Waals surface area contributed by atoms with E-state index in [2.05, 4.69) is 12.2 Å². The molecule has 0 aliphatic carbocycles. The van der Waals surface area contributed by atoms with Crippen molar-refractivity contribution in [1.82, 2.24) is 5.32 Å². The van der Waals surface area contributed by atoms with Gasteiger partial charge in [0.15, 0.2) is 0 Å². The maximum atomic E-state index is 11.9. The number of amides is 1. The highest BCUT2D eigenvalue weighted by molar-refractivity contribution is 5.98. The smallest absolute Gasteiger partial charge is 0.322 e. The fourth-order valence-electron chi connectivity index (χ4n) is 2.10. The van der Waals surface area contributed by atoms with Crippen LogP contribution in [0.3, 0.4) is 0 Å². The third-order valence-electron chi connectivity index (χ3n) is 3.29. The van der Waals surface area contributed by atoms with Gasteiger partial charge < -0.3 is 15.2 Å². The zero-order chi connectivity index (χ0) is 16.2. The van der Waals surface area contributed by atoms with E-state index >= 15 is 0 Å². The molecule has 0 fully saturated rings. The molecule has 0 spiro atoms. The minimum absolute atomic E-state index is 0.370. The van der Waals surface area contributed by atoms with E-state index < -0.39 is 18.4 Å². The molecule has 0 saturated carbocycles. The van der Waals surface area contributed by atoms with Crippen LogP contribution in [0.4, 0.5) is 0 Å². The second-order valence-corrected chi connectivity index (χ2v) is 5.19. The zero-order valence-electron chi connectivity index (χ0n) is 13.1. The molecule has 122 valence electrons. The molecule has 1 aromatic carbocycles. The van der Waals surface area contributed by atoms with Crippen LogP contribution < -0.4 is 10.1 Å². The Morgan fingerprint density at radius 2 is 1.77 bits per heavy atom. The molecule has 5 heteroatoms. The molecule has 0 aliphatic heterocycles. The summed E-state index contributed by atoms with van der Waals surface area (Å²) >= 11 is 0. The summed E-state index contributed by atoms with van der Waals surface area (Å²) in [7, 11) is 0. The lowest BCUT2D eigenvalue weighted by atomic mass is 10.1. The fourth-order valence-corrected chi connectivity index (χ4v) is 2.10. The number of unbranched alkanes of at least 4 members (excludes halogenated alkanes) is 5. The Kier molecular flexibility index (Phi) is 8.72. The quantitative estimate of drug-likeness (QED) is 0.615. The molecule has 0 atom stereocenters. The van der Waals surface area contributed by atoms with Crippen molar-refractivity contribution < 1.29 is 19.4 Å². The average Bonchev–Trinajstić information content (AvgIpc) is 2.52. The van der Waals surface area contributed by atoms with Crippen LogP contribution in [0.25, 0.3) is 0 Å². The van der Waals surface area contributed by atoms with Gasteiger partial charge in [0.05, 0.1) is 12.2 Å². The summed E-state index contributed by atoms with van der Waals surface area (Å²) in [5.41, 5.74) is 0.370. The van der Waals surface area contributed by atoms with Gasteiger partial charge in [-0.2, -0.15) is 0 Å². The van der Waals surface area contributed by atoms with Gasteiger partial charge in [0.25, 0.3) is 5.91 Å². The Balaban J connectivity index is 2.40. The van der Waals surface area contributed by atoms with E-state index in [9.17, 15) is 9.59 Å². The Bertz CT molecular complexity index is 473. The van der Waals surface area contributed by atoms with Crippen molar-refractivity contribution in [3.63, 3.8) is 0 Å². The van der Waals surface area contributed by atoms with Crippen LogP contribution in [-0.4, -0.2) is 30.1 Å². The van der Waals surface area contributed by atoms with Crippen molar-refractivity contribution in [1.29, 1.82) is 0 Å². The molecule has 1 amide bonds. The highest BCUT2D eigenvalue weighted by Crippen LogP contribution is 2.18. The van der Waals surface area contributed by atoms with Gasteiger partial charge >= 0.3 is 5.97 Å². The maximum Gasteiger partial charge on any atom is 0.322 e. The van der Waals surface area contributed by atoms with Gasteiger partial charge in [0.2, 0.25) is 0 Å². The summed E-state index contributed by atoms with van der Waals surface area (Å²) in [6, 6.07) is 6.89. The number of aliphatic carboxylic acids is 1. The molecule has 0 aliphatic rings. The lowest BCUT2D eigenvalue weighted by Crippen LogP contribution is -2.29. The van der Waals surface area contributed by atoms with Gasteiger partial charge in [0.1, 0.15) is 12.3 Å². The van der Waals surface area contributed by atoms with Gasteiger partial charge in [0, 0.05) is 0 Å². The predicted molar refractivity (Wildman–Crippen MR) is 85.3 cm³/mol. The lowest BCUT2D eigenvalue weighted by Gasteiger charge is -2.11. The number of ether oxygens (including phenoxy) is 1. The number of carbonyl (C=O) groups is 2. The van der Waals surface area contributed by atoms with E-state index in [4.69, 9.17) is 9.84 Å². The molecule has 0 heterocycles. The number of hydrogen-bond donors (Lipinski definition) is 2. The minimum atomic E-state index is -1.07. The number of hydrogen-bond acceptors (Lipinski definition) is 3. The SMILES string of the molecule is CCCCCCCCOc1ccccc1C(=O)NCC(=O)O. The highest BCUT2D eigenvalue weighted by Gasteiger charge is 2.12. The first kappa shape index (κ1) is 18.0. The van der Waals surface area contributed by atoms with E-state index in [0.29, 0.717) is 17.9 Å². The van der Waals surface area contributed by atoms with Crippen molar-refractivity contribution in [2.45, 2.75) is 45.4 Å². The van der Waals surface area contributed by atoms with Crippen LogP contribution in [-0.2, 0) is 4.79 Å². The molecule has 0 unspecified atom stereocenters. The Hall–Kier alpha value is -2.04. The van der Waals surface area contributed by atoms with Crippen molar-refractivity contribution in [3.05, 3.63) is 29.8 Å². The van der Waals surface area contributed by atoms with Crippen molar-refractivity contribution in [3.8, 4) is 5.75 Å². The molecular weight excluding hydrogens is 282 g/mol. The molecule has 0 radical (unpaired) electrons. The molecule has 22 heavy (non-hydrogen) atoms. The molecular formula is C17H25NO4. The third-order valence-corrected chi connectivity index (χ3v) is 3.29. The van der Waals surface area contributed by atoms with E-state index in [1.165, 1.54) is 25.7 Å². The van der Waals surface area contributed by atoms with Crippen LogP contribution >= 0.6 is 0 Å². The monoisotopic (exact) mass is 307 g/mol. The summed E-state index contributed by atoms with van der Waals surface area (Å²) in [5, 5.41) is 10.9. The summed E-state index contributed by atoms with van der Waals surface area (Å²) in [6.07, 6.45) is 7.04. The van der Waals surface area contributed by atoms with Gasteiger partial charge in [-0.3, -0.25) is 9.59 Å². The lowest BCUT2D eigenvalue weighted by molar-refractivity contribution is -0.135. The van der Waals surface area contributed by atoms with Crippen LogP contribution in [0.2, 0.25) is 0 Å². The summed E-state index contributed by atoms with van der Waals surface area (Å²) < 4.78 is 5.66. The maximum absolute atomic E-state index is 11.9.